The molecule has 1 aromatic carbocycles. The molecule has 0 spiro atoms. The number of rotatable bonds is 1. The Balaban J connectivity index is 1.81. The summed E-state index contributed by atoms with van der Waals surface area (Å²) in [6, 6.07) is 5.31. The van der Waals surface area contributed by atoms with Gasteiger partial charge in [-0.25, -0.2) is 10.2 Å². The van der Waals surface area contributed by atoms with Gasteiger partial charge in [-0.05, 0) is 45.1 Å². The van der Waals surface area contributed by atoms with Crippen molar-refractivity contribution in [3.05, 3.63) is 18.2 Å². The first kappa shape index (κ1) is 15.2. The predicted octanol–water partition coefficient (Wildman–Crippen LogP) is 2.14. The van der Waals surface area contributed by atoms with E-state index in [0.717, 1.165) is 0 Å². The second kappa shape index (κ2) is 6.04. The fraction of sp³-hybridized carbons (Fsp3) is 0.385. The quantitative estimate of drug-likeness (QED) is 0.541. The van der Waals surface area contributed by atoms with E-state index in [1.165, 1.54) is 0 Å². The van der Waals surface area contributed by atoms with Crippen LogP contribution in [0, 0.1) is 0 Å². The van der Waals surface area contributed by atoms with Gasteiger partial charge in [0.2, 0.25) is 6.79 Å². The van der Waals surface area contributed by atoms with Gasteiger partial charge in [-0.1, -0.05) is 0 Å². The summed E-state index contributed by atoms with van der Waals surface area (Å²) in [4.78, 5) is 11.4. The summed E-state index contributed by atoms with van der Waals surface area (Å²) in [5, 5.41) is 3.13. The number of thiocarbonyl (C=S) groups is 1. The standard InChI is InChI=1S/C13H17N3O4S/c1-13(2,3)20-12(17)16-15-11(21)14-8-4-5-9-10(6-8)19-7-18-9/h4-6H,7H2,1-3H3,(H,16,17)(H2,14,15,21). The average molecular weight is 311 g/mol. The van der Waals surface area contributed by atoms with Crippen molar-refractivity contribution in [3.63, 3.8) is 0 Å². The summed E-state index contributed by atoms with van der Waals surface area (Å²) in [6.45, 7) is 5.53. The van der Waals surface area contributed by atoms with Crippen LogP contribution in [0.2, 0.25) is 0 Å². The summed E-state index contributed by atoms with van der Waals surface area (Å²) in [5.74, 6) is 1.33. The molecule has 0 radical (unpaired) electrons. The van der Waals surface area contributed by atoms with E-state index in [0.29, 0.717) is 17.2 Å². The first-order valence-electron chi connectivity index (χ1n) is 6.29. The number of hydrogen-bond donors (Lipinski definition) is 3. The third-order valence-corrected chi connectivity index (χ3v) is 2.51. The molecule has 0 saturated carbocycles. The van der Waals surface area contributed by atoms with Crippen LogP contribution in [0.25, 0.3) is 0 Å². The molecule has 0 aromatic heterocycles. The molecule has 21 heavy (non-hydrogen) atoms. The minimum atomic E-state index is -0.614. The molecule has 0 unspecified atom stereocenters. The molecule has 1 amide bonds. The zero-order valence-corrected chi connectivity index (χ0v) is 12.8. The van der Waals surface area contributed by atoms with Crippen molar-refractivity contribution in [2.24, 2.45) is 0 Å². The van der Waals surface area contributed by atoms with Crippen molar-refractivity contribution >= 4 is 29.1 Å². The lowest BCUT2D eigenvalue weighted by atomic mass is 10.2. The molecular weight excluding hydrogens is 294 g/mol. The van der Waals surface area contributed by atoms with Gasteiger partial charge in [0.1, 0.15) is 5.60 Å². The Labute approximate surface area is 127 Å². The van der Waals surface area contributed by atoms with Gasteiger partial charge in [-0.2, -0.15) is 0 Å². The molecule has 0 aliphatic carbocycles. The SMILES string of the molecule is CC(C)(C)OC(=O)NNC(=S)Nc1ccc2c(c1)OCO2. The highest BCUT2D eigenvalue weighted by molar-refractivity contribution is 7.80. The van der Waals surface area contributed by atoms with E-state index in [2.05, 4.69) is 16.2 Å². The number of carbonyl (C=O) groups excluding carboxylic acids is 1. The van der Waals surface area contributed by atoms with Crippen LogP contribution in [-0.4, -0.2) is 23.6 Å². The molecule has 114 valence electrons. The Kier molecular flexibility index (Phi) is 4.37. The Hall–Kier alpha value is -2.22. The number of ether oxygens (including phenoxy) is 3. The van der Waals surface area contributed by atoms with Gasteiger partial charge in [0.05, 0.1) is 0 Å². The van der Waals surface area contributed by atoms with Crippen LogP contribution in [0.15, 0.2) is 18.2 Å². The molecule has 0 atom stereocenters. The topological polar surface area (TPSA) is 80.9 Å². The Morgan fingerprint density at radius 2 is 1.95 bits per heavy atom. The molecule has 0 fully saturated rings. The van der Waals surface area contributed by atoms with Crippen molar-refractivity contribution in [2.75, 3.05) is 12.1 Å². The largest absolute Gasteiger partial charge is 0.454 e. The van der Waals surface area contributed by atoms with Crippen molar-refractivity contribution in [3.8, 4) is 11.5 Å². The van der Waals surface area contributed by atoms with Crippen LogP contribution >= 0.6 is 12.2 Å². The lowest BCUT2D eigenvalue weighted by Gasteiger charge is -2.20. The Morgan fingerprint density at radius 1 is 1.24 bits per heavy atom. The second-order valence-electron chi connectivity index (χ2n) is 5.27. The van der Waals surface area contributed by atoms with Gasteiger partial charge in [-0.3, -0.25) is 5.43 Å². The number of benzene rings is 1. The molecule has 1 aromatic rings. The maximum Gasteiger partial charge on any atom is 0.426 e. The summed E-state index contributed by atoms with van der Waals surface area (Å²) in [7, 11) is 0. The fourth-order valence-electron chi connectivity index (χ4n) is 1.55. The van der Waals surface area contributed by atoms with E-state index in [1.807, 2.05) is 0 Å². The van der Waals surface area contributed by atoms with E-state index in [4.69, 9.17) is 26.4 Å². The average Bonchev–Trinajstić information content (AvgIpc) is 2.81. The zero-order chi connectivity index (χ0) is 15.5. The van der Waals surface area contributed by atoms with E-state index >= 15 is 0 Å². The van der Waals surface area contributed by atoms with Crippen molar-refractivity contribution in [1.82, 2.24) is 10.9 Å². The molecule has 1 heterocycles. The predicted molar refractivity (Wildman–Crippen MR) is 81.3 cm³/mol. The fourth-order valence-corrected chi connectivity index (χ4v) is 1.72. The van der Waals surface area contributed by atoms with E-state index in [9.17, 15) is 4.79 Å². The summed E-state index contributed by atoms with van der Waals surface area (Å²) in [5.41, 5.74) is 5.03. The van der Waals surface area contributed by atoms with E-state index < -0.39 is 11.7 Å². The Morgan fingerprint density at radius 3 is 2.67 bits per heavy atom. The highest BCUT2D eigenvalue weighted by Crippen LogP contribution is 2.34. The number of fused-ring (bicyclic) bond motifs is 1. The summed E-state index contributed by atoms with van der Waals surface area (Å²) >= 11 is 5.06. The minimum Gasteiger partial charge on any atom is -0.454 e. The normalized spacial score (nSPS) is 12.5. The van der Waals surface area contributed by atoms with Crippen LogP contribution in [0.3, 0.4) is 0 Å². The van der Waals surface area contributed by atoms with Gasteiger partial charge in [-0.15, -0.1) is 0 Å². The zero-order valence-electron chi connectivity index (χ0n) is 12.0. The van der Waals surface area contributed by atoms with Crippen LogP contribution in [0.1, 0.15) is 20.8 Å². The Bertz CT molecular complexity index is 557. The number of hydrogen-bond acceptors (Lipinski definition) is 5. The molecule has 0 saturated heterocycles. The van der Waals surface area contributed by atoms with Gasteiger partial charge >= 0.3 is 6.09 Å². The number of hydrazine groups is 1. The van der Waals surface area contributed by atoms with Crippen LogP contribution in [0.4, 0.5) is 10.5 Å². The highest BCUT2D eigenvalue weighted by Gasteiger charge is 2.16. The molecule has 3 N–H and O–H groups in total. The van der Waals surface area contributed by atoms with Crippen LogP contribution < -0.4 is 25.6 Å². The van der Waals surface area contributed by atoms with Crippen molar-refractivity contribution in [2.45, 2.75) is 26.4 Å². The first-order chi connectivity index (χ1) is 9.83. The molecule has 0 bridgehead atoms. The monoisotopic (exact) mass is 311 g/mol. The van der Waals surface area contributed by atoms with E-state index in [1.54, 1.807) is 39.0 Å². The lowest BCUT2D eigenvalue weighted by molar-refractivity contribution is 0.0513. The number of anilines is 1. The smallest absolute Gasteiger partial charge is 0.426 e. The third-order valence-electron chi connectivity index (χ3n) is 2.31. The molecule has 1 aliphatic rings. The molecular formula is C13H17N3O4S. The van der Waals surface area contributed by atoms with Crippen LogP contribution in [-0.2, 0) is 4.74 Å². The molecule has 2 rings (SSSR count). The number of carbonyl (C=O) groups is 1. The molecule has 7 nitrogen and oxygen atoms in total. The number of amides is 1. The summed E-state index contributed by atoms with van der Waals surface area (Å²) in [6.07, 6.45) is -0.614. The van der Waals surface area contributed by atoms with Crippen molar-refractivity contribution in [1.29, 1.82) is 0 Å². The molecule has 1 aliphatic heterocycles. The van der Waals surface area contributed by atoms with Gasteiger partial charge in [0, 0.05) is 11.8 Å². The lowest BCUT2D eigenvalue weighted by Crippen LogP contribution is -2.45. The first-order valence-corrected chi connectivity index (χ1v) is 6.70. The van der Waals surface area contributed by atoms with Crippen LogP contribution in [0.5, 0.6) is 11.5 Å². The maximum atomic E-state index is 11.4. The van der Waals surface area contributed by atoms with Gasteiger partial charge < -0.3 is 19.5 Å². The minimum absolute atomic E-state index is 0.210. The third kappa shape index (κ3) is 4.67. The summed E-state index contributed by atoms with van der Waals surface area (Å²) < 4.78 is 15.5. The van der Waals surface area contributed by atoms with E-state index in [-0.39, 0.29) is 11.9 Å². The maximum absolute atomic E-state index is 11.4. The second-order valence-corrected chi connectivity index (χ2v) is 5.68. The molecule has 8 heteroatoms. The number of nitrogens with one attached hydrogen (secondary N) is 3. The van der Waals surface area contributed by atoms with Gasteiger partial charge in [0.25, 0.3) is 0 Å². The highest BCUT2D eigenvalue weighted by atomic mass is 32.1. The van der Waals surface area contributed by atoms with Crippen molar-refractivity contribution < 1.29 is 19.0 Å². The van der Waals surface area contributed by atoms with Gasteiger partial charge in [0.15, 0.2) is 16.6 Å².